The van der Waals surface area contributed by atoms with Crippen molar-refractivity contribution in [2.45, 2.75) is 13.3 Å². The zero-order valence-corrected chi connectivity index (χ0v) is 19.9. The van der Waals surface area contributed by atoms with Crippen molar-refractivity contribution in [1.82, 2.24) is 19.6 Å². The molecule has 0 bridgehead atoms. The average Bonchev–Trinajstić information content (AvgIpc) is 3.29. The van der Waals surface area contributed by atoms with Gasteiger partial charge in [-0.15, -0.1) is 0 Å². The lowest BCUT2D eigenvalue weighted by molar-refractivity contribution is 0.240. The molecule has 4 rings (SSSR count). The highest BCUT2D eigenvalue weighted by Gasteiger charge is 2.20. The number of nitrogens with one attached hydrogen (secondary N) is 2. The number of carbonyl (C=O) groups is 1. The number of aromatic nitrogens is 2. The maximum atomic E-state index is 12.1. The Kier molecular flexibility index (Phi) is 7.74. The van der Waals surface area contributed by atoms with E-state index in [9.17, 15) is 4.79 Å². The van der Waals surface area contributed by atoms with E-state index in [4.69, 9.17) is 9.72 Å². The topological polar surface area (TPSA) is 82.6 Å². The first kappa shape index (κ1) is 23.0. The molecule has 9 heteroatoms. The number of carbonyl (C=O) groups excluding carboxylic acids is 1. The van der Waals surface area contributed by atoms with Crippen LogP contribution in [0.4, 0.5) is 15.6 Å². The Morgan fingerprint density at radius 3 is 2.67 bits per heavy atom. The van der Waals surface area contributed by atoms with Crippen molar-refractivity contribution < 1.29 is 9.53 Å². The van der Waals surface area contributed by atoms with Gasteiger partial charge >= 0.3 is 6.03 Å². The molecule has 0 aliphatic carbocycles. The third-order valence-electron chi connectivity index (χ3n) is 5.62. The van der Waals surface area contributed by atoms with Crippen molar-refractivity contribution in [3.8, 4) is 5.75 Å². The van der Waals surface area contributed by atoms with Gasteiger partial charge in [-0.05, 0) is 36.8 Å². The maximum absolute atomic E-state index is 12.1. The van der Waals surface area contributed by atoms with Crippen LogP contribution in [-0.4, -0.2) is 66.7 Å². The van der Waals surface area contributed by atoms with E-state index in [0.717, 1.165) is 60.7 Å². The monoisotopic (exact) mass is 466 g/mol. The molecule has 1 saturated heterocycles. The Bertz CT molecular complexity index is 1050. The first-order valence-electron chi connectivity index (χ1n) is 11.1. The molecule has 2 N–H and O–H groups in total. The maximum Gasteiger partial charge on any atom is 0.319 e. The number of urea groups is 1. The summed E-state index contributed by atoms with van der Waals surface area (Å²) in [6, 6.07) is 15.6. The van der Waals surface area contributed by atoms with Crippen molar-refractivity contribution >= 4 is 28.4 Å². The van der Waals surface area contributed by atoms with Gasteiger partial charge in [-0.3, -0.25) is 4.90 Å². The highest BCUT2D eigenvalue weighted by atomic mass is 32.1. The third-order valence-corrected chi connectivity index (χ3v) is 6.43. The molecule has 0 spiro atoms. The molecule has 8 nitrogen and oxygen atoms in total. The normalized spacial score (nSPS) is 14.2. The van der Waals surface area contributed by atoms with Crippen molar-refractivity contribution in [2.75, 3.05) is 56.6 Å². The van der Waals surface area contributed by atoms with Gasteiger partial charge in [0.15, 0.2) is 0 Å². The van der Waals surface area contributed by atoms with Crippen LogP contribution in [0, 0.1) is 6.92 Å². The summed E-state index contributed by atoms with van der Waals surface area (Å²) in [5.74, 6) is 1.69. The molecular weight excluding hydrogens is 436 g/mol. The van der Waals surface area contributed by atoms with E-state index in [1.54, 1.807) is 7.11 Å². The fourth-order valence-corrected chi connectivity index (χ4v) is 4.45. The number of methoxy groups -OCH3 is 1. The first-order chi connectivity index (χ1) is 16.1. The minimum atomic E-state index is -0.171. The number of nitrogens with zero attached hydrogens (tertiary/aromatic N) is 4. The van der Waals surface area contributed by atoms with Crippen LogP contribution >= 0.6 is 11.5 Å². The lowest BCUT2D eigenvalue weighted by Gasteiger charge is -2.34. The van der Waals surface area contributed by atoms with Gasteiger partial charge < -0.3 is 20.3 Å². The molecule has 1 fully saturated rings. The van der Waals surface area contributed by atoms with Gasteiger partial charge in [0, 0.05) is 62.9 Å². The molecule has 0 atom stereocenters. The summed E-state index contributed by atoms with van der Waals surface area (Å²) in [5, 5.41) is 6.77. The van der Waals surface area contributed by atoms with E-state index in [0.29, 0.717) is 13.0 Å². The van der Waals surface area contributed by atoms with E-state index >= 15 is 0 Å². The molecule has 33 heavy (non-hydrogen) atoms. The van der Waals surface area contributed by atoms with Crippen LogP contribution < -0.4 is 20.3 Å². The molecule has 0 unspecified atom stereocenters. The van der Waals surface area contributed by atoms with Crippen LogP contribution in [0.2, 0.25) is 0 Å². The van der Waals surface area contributed by atoms with Gasteiger partial charge in [-0.25, -0.2) is 9.78 Å². The highest BCUT2D eigenvalue weighted by Crippen LogP contribution is 2.21. The predicted octanol–water partition coefficient (Wildman–Crippen LogP) is 3.39. The van der Waals surface area contributed by atoms with Crippen LogP contribution in [0.5, 0.6) is 5.75 Å². The second-order valence-corrected chi connectivity index (χ2v) is 8.83. The number of anilines is 2. The Hall–Kier alpha value is -3.17. The number of amides is 2. The molecule has 0 saturated carbocycles. The van der Waals surface area contributed by atoms with E-state index in [1.165, 1.54) is 17.1 Å². The molecule has 1 aromatic heterocycles. The molecule has 2 heterocycles. The van der Waals surface area contributed by atoms with Gasteiger partial charge in [-0.1, -0.05) is 29.8 Å². The van der Waals surface area contributed by atoms with Crippen LogP contribution in [0.3, 0.4) is 0 Å². The Labute approximate surface area is 198 Å². The minimum absolute atomic E-state index is 0.171. The Morgan fingerprint density at radius 2 is 1.91 bits per heavy atom. The third kappa shape index (κ3) is 6.66. The Balaban J connectivity index is 1.17. The second kappa shape index (κ2) is 11.1. The number of piperazine rings is 1. The molecular formula is C24H30N6O2S. The van der Waals surface area contributed by atoms with Gasteiger partial charge in [-0.2, -0.15) is 4.37 Å². The van der Waals surface area contributed by atoms with Gasteiger partial charge in [0.1, 0.15) is 11.6 Å². The van der Waals surface area contributed by atoms with Crippen molar-refractivity contribution in [3.63, 3.8) is 0 Å². The van der Waals surface area contributed by atoms with Crippen molar-refractivity contribution in [3.05, 3.63) is 65.5 Å². The smallest absolute Gasteiger partial charge is 0.319 e. The summed E-state index contributed by atoms with van der Waals surface area (Å²) in [6.45, 7) is 7.15. The highest BCUT2D eigenvalue weighted by molar-refractivity contribution is 7.09. The SMILES string of the molecule is COc1cccc(Cc2nsc(N3CCN(CCNC(=O)Nc4ccc(C)cc4)CC3)n2)c1. The number of rotatable bonds is 8. The van der Waals surface area contributed by atoms with E-state index in [1.807, 2.05) is 49.4 Å². The van der Waals surface area contributed by atoms with Gasteiger partial charge in [0.2, 0.25) is 5.13 Å². The quantitative estimate of drug-likeness (QED) is 0.530. The second-order valence-electron chi connectivity index (χ2n) is 8.10. The standard InChI is InChI=1S/C24H30N6O2S/c1-18-6-8-20(9-7-18)26-23(31)25-10-11-29-12-14-30(15-13-29)24-27-22(28-33-24)17-19-4-3-5-21(16-19)32-2/h3-9,16H,10-15,17H2,1-2H3,(H2,25,26,31). The predicted molar refractivity (Wildman–Crippen MR) is 133 cm³/mol. The first-order valence-corrected chi connectivity index (χ1v) is 11.9. The Morgan fingerprint density at radius 1 is 1.12 bits per heavy atom. The number of hydrogen-bond donors (Lipinski definition) is 2. The van der Waals surface area contributed by atoms with Crippen LogP contribution in [0.1, 0.15) is 17.0 Å². The van der Waals surface area contributed by atoms with Crippen LogP contribution in [0.15, 0.2) is 48.5 Å². The zero-order chi connectivity index (χ0) is 23.0. The summed E-state index contributed by atoms with van der Waals surface area (Å²) >= 11 is 1.46. The van der Waals surface area contributed by atoms with Gasteiger partial charge in [0.05, 0.1) is 7.11 Å². The zero-order valence-electron chi connectivity index (χ0n) is 19.1. The van der Waals surface area contributed by atoms with E-state index in [2.05, 4.69) is 30.9 Å². The molecule has 174 valence electrons. The summed E-state index contributed by atoms with van der Waals surface area (Å²) in [4.78, 5) is 21.5. The summed E-state index contributed by atoms with van der Waals surface area (Å²) in [6.07, 6.45) is 0.698. The average molecular weight is 467 g/mol. The fraction of sp³-hybridized carbons (Fsp3) is 0.375. The lowest BCUT2D eigenvalue weighted by Crippen LogP contribution is -2.48. The minimum Gasteiger partial charge on any atom is -0.497 e. The van der Waals surface area contributed by atoms with Crippen LogP contribution in [-0.2, 0) is 6.42 Å². The summed E-state index contributed by atoms with van der Waals surface area (Å²) < 4.78 is 9.85. The molecule has 1 aliphatic rings. The lowest BCUT2D eigenvalue weighted by atomic mass is 10.1. The number of benzene rings is 2. The number of aryl methyl sites for hydroxylation is 1. The van der Waals surface area contributed by atoms with Gasteiger partial charge in [0.25, 0.3) is 0 Å². The van der Waals surface area contributed by atoms with Crippen LogP contribution in [0.25, 0.3) is 0 Å². The molecule has 3 aromatic rings. The molecule has 2 aromatic carbocycles. The van der Waals surface area contributed by atoms with E-state index < -0.39 is 0 Å². The number of hydrogen-bond acceptors (Lipinski definition) is 7. The molecule has 2 amide bonds. The summed E-state index contributed by atoms with van der Waals surface area (Å²) in [5.41, 5.74) is 3.11. The largest absolute Gasteiger partial charge is 0.497 e. The summed E-state index contributed by atoms with van der Waals surface area (Å²) in [7, 11) is 1.67. The molecule has 1 aliphatic heterocycles. The number of ether oxygens (including phenoxy) is 1. The van der Waals surface area contributed by atoms with Crippen molar-refractivity contribution in [2.24, 2.45) is 0 Å². The van der Waals surface area contributed by atoms with E-state index in [-0.39, 0.29) is 6.03 Å². The van der Waals surface area contributed by atoms with Crippen molar-refractivity contribution in [1.29, 1.82) is 0 Å². The molecule has 0 radical (unpaired) electrons. The fourth-order valence-electron chi connectivity index (χ4n) is 3.71.